The molecule has 0 heterocycles. The van der Waals surface area contributed by atoms with Gasteiger partial charge in [0.25, 0.3) is 0 Å². The van der Waals surface area contributed by atoms with Gasteiger partial charge in [0.1, 0.15) is 0 Å². The van der Waals surface area contributed by atoms with Crippen LogP contribution >= 0.6 is 0 Å². The minimum atomic E-state index is 0.669. The highest BCUT2D eigenvalue weighted by atomic mass is 14.2. The van der Waals surface area contributed by atoms with Gasteiger partial charge in [0.2, 0.25) is 0 Å². The SMILES string of the molecule is C/C(=C\C1Cc2ccccc2C1)c1ccccc1. The lowest BCUT2D eigenvalue weighted by molar-refractivity contribution is 0.705. The standard InChI is InChI=1S/C18H18/c1-14(16-7-3-2-4-8-16)11-15-12-17-9-5-6-10-18(17)13-15/h2-11,15H,12-13H2,1H3/b14-11+. The van der Waals surface area contributed by atoms with Gasteiger partial charge < -0.3 is 0 Å². The molecule has 0 saturated carbocycles. The Morgan fingerprint density at radius 2 is 1.44 bits per heavy atom. The molecule has 90 valence electrons. The van der Waals surface area contributed by atoms with Crippen LogP contribution in [-0.4, -0.2) is 0 Å². The van der Waals surface area contributed by atoms with E-state index in [1.54, 1.807) is 0 Å². The van der Waals surface area contributed by atoms with E-state index in [-0.39, 0.29) is 0 Å². The molecule has 2 aromatic carbocycles. The summed E-state index contributed by atoms with van der Waals surface area (Å²) >= 11 is 0. The highest BCUT2D eigenvalue weighted by Crippen LogP contribution is 2.29. The van der Waals surface area contributed by atoms with E-state index in [1.165, 1.54) is 35.1 Å². The Morgan fingerprint density at radius 3 is 2.06 bits per heavy atom. The van der Waals surface area contributed by atoms with Crippen LogP contribution in [0.1, 0.15) is 23.6 Å². The number of hydrogen-bond acceptors (Lipinski definition) is 0. The summed E-state index contributed by atoms with van der Waals surface area (Å²) in [6.07, 6.45) is 4.83. The summed E-state index contributed by atoms with van der Waals surface area (Å²) in [7, 11) is 0. The van der Waals surface area contributed by atoms with Crippen LogP contribution in [0.25, 0.3) is 5.57 Å². The Kier molecular flexibility index (Phi) is 3.02. The van der Waals surface area contributed by atoms with Crippen molar-refractivity contribution in [1.82, 2.24) is 0 Å². The average molecular weight is 234 g/mol. The van der Waals surface area contributed by atoms with E-state index < -0.39 is 0 Å². The van der Waals surface area contributed by atoms with Gasteiger partial charge in [0, 0.05) is 0 Å². The van der Waals surface area contributed by atoms with Crippen LogP contribution in [0.4, 0.5) is 0 Å². The maximum absolute atomic E-state index is 2.44. The summed E-state index contributed by atoms with van der Waals surface area (Å²) in [5, 5.41) is 0. The van der Waals surface area contributed by atoms with Crippen LogP contribution in [0.3, 0.4) is 0 Å². The van der Waals surface area contributed by atoms with Gasteiger partial charge in [-0.05, 0) is 47.9 Å². The first-order chi connectivity index (χ1) is 8.83. The largest absolute Gasteiger partial charge is 0.0772 e. The van der Waals surface area contributed by atoms with Crippen molar-refractivity contribution in [2.75, 3.05) is 0 Å². The molecule has 0 atom stereocenters. The molecule has 18 heavy (non-hydrogen) atoms. The molecule has 1 aliphatic carbocycles. The van der Waals surface area contributed by atoms with Gasteiger partial charge in [0.05, 0.1) is 0 Å². The second-order valence-electron chi connectivity index (χ2n) is 5.15. The molecule has 0 aromatic heterocycles. The summed E-state index contributed by atoms with van der Waals surface area (Å²) in [5.41, 5.74) is 5.79. The van der Waals surface area contributed by atoms with Crippen molar-refractivity contribution in [2.24, 2.45) is 5.92 Å². The van der Waals surface area contributed by atoms with E-state index in [2.05, 4.69) is 67.6 Å². The van der Waals surface area contributed by atoms with Crippen LogP contribution in [0.2, 0.25) is 0 Å². The van der Waals surface area contributed by atoms with Gasteiger partial charge >= 0.3 is 0 Å². The molecule has 0 fully saturated rings. The van der Waals surface area contributed by atoms with Gasteiger partial charge in [0.15, 0.2) is 0 Å². The molecule has 0 aliphatic heterocycles. The molecule has 0 N–H and O–H groups in total. The molecule has 0 radical (unpaired) electrons. The highest BCUT2D eigenvalue weighted by molar-refractivity contribution is 5.64. The maximum Gasteiger partial charge on any atom is -0.0146 e. The quantitative estimate of drug-likeness (QED) is 0.717. The van der Waals surface area contributed by atoms with Crippen LogP contribution in [0.5, 0.6) is 0 Å². The number of rotatable bonds is 2. The molecule has 0 amide bonds. The van der Waals surface area contributed by atoms with Gasteiger partial charge in [-0.25, -0.2) is 0 Å². The van der Waals surface area contributed by atoms with Crippen molar-refractivity contribution in [3.63, 3.8) is 0 Å². The molecule has 0 unspecified atom stereocenters. The lowest BCUT2D eigenvalue weighted by atomic mass is 9.99. The van der Waals surface area contributed by atoms with Crippen LogP contribution in [0, 0.1) is 5.92 Å². The van der Waals surface area contributed by atoms with E-state index in [0.717, 1.165) is 0 Å². The summed E-state index contributed by atoms with van der Waals surface area (Å²) in [5.74, 6) is 0.669. The minimum absolute atomic E-state index is 0.669. The third-order valence-corrected chi connectivity index (χ3v) is 3.80. The number of benzene rings is 2. The molecule has 0 nitrogen and oxygen atoms in total. The first kappa shape index (κ1) is 11.3. The first-order valence-electron chi connectivity index (χ1n) is 6.63. The van der Waals surface area contributed by atoms with E-state index in [4.69, 9.17) is 0 Å². The van der Waals surface area contributed by atoms with Gasteiger partial charge in [-0.1, -0.05) is 60.7 Å². The summed E-state index contributed by atoms with van der Waals surface area (Å²) < 4.78 is 0. The molecule has 0 bridgehead atoms. The van der Waals surface area contributed by atoms with Crippen molar-refractivity contribution >= 4 is 5.57 Å². The van der Waals surface area contributed by atoms with Crippen molar-refractivity contribution < 1.29 is 0 Å². The van der Waals surface area contributed by atoms with Crippen LogP contribution in [0.15, 0.2) is 60.7 Å². The average Bonchev–Trinajstić information content (AvgIpc) is 2.82. The molecule has 3 rings (SSSR count). The summed E-state index contributed by atoms with van der Waals surface area (Å²) in [6.45, 7) is 2.22. The lowest BCUT2D eigenvalue weighted by Gasteiger charge is -2.06. The van der Waals surface area contributed by atoms with Crippen molar-refractivity contribution in [2.45, 2.75) is 19.8 Å². The fourth-order valence-corrected chi connectivity index (χ4v) is 2.86. The van der Waals surface area contributed by atoms with Crippen LogP contribution < -0.4 is 0 Å². The summed E-state index contributed by atoms with van der Waals surface area (Å²) in [4.78, 5) is 0. The molecule has 0 saturated heterocycles. The first-order valence-corrected chi connectivity index (χ1v) is 6.63. The second kappa shape index (κ2) is 4.81. The summed E-state index contributed by atoms with van der Waals surface area (Å²) in [6, 6.07) is 19.5. The maximum atomic E-state index is 2.44. The third kappa shape index (κ3) is 2.24. The zero-order valence-electron chi connectivity index (χ0n) is 10.8. The molecule has 0 spiro atoms. The Morgan fingerprint density at radius 1 is 0.889 bits per heavy atom. The number of hydrogen-bond donors (Lipinski definition) is 0. The van der Waals surface area contributed by atoms with E-state index in [0.29, 0.717) is 5.92 Å². The molecule has 0 heteroatoms. The van der Waals surface area contributed by atoms with Gasteiger partial charge in [-0.2, -0.15) is 0 Å². The Bertz CT molecular complexity index is 539. The number of fused-ring (bicyclic) bond motifs is 1. The minimum Gasteiger partial charge on any atom is -0.0772 e. The van der Waals surface area contributed by atoms with Gasteiger partial charge in [-0.3, -0.25) is 0 Å². The number of allylic oxidation sites excluding steroid dienone is 2. The Labute approximate surface area is 109 Å². The smallest absolute Gasteiger partial charge is 0.0146 e. The Hall–Kier alpha value is -1.82. The van der Waals surface area contributed by atoms with Crippen molar-refractivity contribution in [3.8, 4) is 0 Å². The fourth-order valence-electron chi connectivity index (χ4n) is 2.86. The lowest BCUT2D eigenvalue weighted by Crippen LogP contribution is -1.95. The van der Waals surface area contributed by atoms with E-state index in [9.17, 15) is 0 Å². The predicted molar refractivity (Wildman–Crippen MR) is 77.4 cm³/mol. The molecular weight excluding hydrogens is 216 g/mol. The molecular formula is C18H18. The molecule has 2 aromatic rings. The van der Waals surface area contributed by atoms with E-state index >= 15 is 0 Å². The normalized spacial score (nSPS) is 15.7. The van der Waals surface area contributed by atoms with Gasteiger partial charge in [-0.15, -0.1) is 0 Å². The Balaban J connectivity index is 1.80. The second-order valence-corrected chi connectivity index (χ2v) is 5.15. The van der Waals surface area contributed by atoms with Crippen molar-refractivity contribution in [1.29, 1.82) is 0 Å². The highest BCUT2D eigenvalue weighted by Gasteiger charge is 2.18. The topological polar surface area (TPSA) is 0 Å². The van der Waals surface area contributed by atoms with Crippen molar-refractivity contribution in [3.05, 3.63) is 77.4 Å². The molecule has 1 aliphatic rings. The monoisotopic (exact) mass is 234 g/mol. The predicted octanol–water partition coefficient (Wildman–Crippen LogP) is 4.50. The zero-order valence-corrected chi connectivity index (χ0v) is 10.8. The third-order valence-electron chi connectivity index (χ3n) is 3.80. The zero-order chi connectivity index (χ0) is 12.4. The van der Waals surface area contributed by atoms with E-state index in [1.807, 2.05) is 0 Å². The fraction of sp³-hybridized carbons (Fsp3) is 0.222. The van der Waals surface area contributed by atoms with Crippen LogP contribution in [-0.2, 0) is 12.8 Å².